The van der Waals surface area contributed by atoms with Crippen molar-refractivity contribution in [2.45, 2.75) is 65.2 Å². The molecule has 0 aliphatic heterocycles. The molecule has 0 amide bonds. The molecule has 0 bridgehead atoms. The number of carbonyl (C=O) groups is 2. The maximum atomic E-state index is 12.1. The van der Waals surface area contributed by atoms with Crippen LogP contribution in [0, 0.1) is 11.8 Å². The van der Waals surface area contributed by atoms with Crippen LogP contribution in [0.3, 0.4) is 0 Å². The SMILES string of the molecule is CCCCCCCCOC(=O)C1CC(C)=CCC1C(=O)O. The molecule has 0 aromatic heterocycles. The van der Waals surface area contributed by atoms with Crippen molar-refractivity contribution in [1.29, 1.82) is 0 Å². The van der Waals surface area contributed by atoms with E-state index in [0.29, 0.717) is 19.4 Å². The molecule has 0 fully saturated rings. The number of hydrogen-bond donors (Lipinski definition) is 1. The summed E-state index contributed by atoms with van der Waals surface area (Å²) in [4.78, 5) is 23.3. The van der Waals surface area contributed by atoms with Crippen LogP contribution in [0.4, 0.5) is 0 Å². The fourth-order valence-electron chi connectivity index (χ4n) is 2.75. The third-order valence-electron chi connectivity index (χ3n) is 4.11. The summed E-state index contributed by atoms with van der Waals surface area (Å²) in [6.07, 6.45) is 9.68. The molecule has 0 aromatic carbocycles. The van der Waals surface area contributed by atoms with E-state index in [1.54, 1.807) is 0 Å². The van der Waals surface area contributed by atoms with Crippen LogP contribution in [-0.4, -0.2) is 23.7 Å². The molecule has 0 aromatic rings. The van der Waals surface area contributed by atoms with E-state index in [2.05, 4.69) is 6.92 Å². The van der Waals surface area contributed by atoms with Crippen LogP contribution in [0.25, 0.3) is 0 Å². The standard InChI is InChI=1S/C17H28O4/c1-3-4-5-6-7-8-11-21-17(20)15-12-13(2)9-10-14(15)16(18)19/h9,14-15H,3-8,10-12H2,1-2H3,(H,18,19). The highest BCUT2D eigenvalue weighted by atomic mass is 16.5. The van der Waals surface area contributed by atoms with Gasteiger partial charge in [0.25, 0.3) is 0 Å². The molecule has 0 saturated carbocycles. The first-order valence-electron chi connectivity index (χ1n) is 8.11. The number of esters is 1. The highest BCUT2D eigenvalue weighted by molar-refractivity contribution is 5.82. The maximum absolute atomic E-state index is 12.1. The van der Waals surface area contributed by atoms with Gasteiger partial charge in [0.05, 0.1) is 18.4 Å². The van der Waals surface area contributed by atoms with Gasteiger partial charge in [0.1, 0.15) is 0 Å². The molecule has 1 aliphatic carbocycles. The van der Waals surface area contributed by atoms with Crippen molar-refractivity contribution in [3.63, 3.8) is 0 Å². The first-order chi connectivity index (χ1) is 10.1. The molecule has 0 radical (unpaired) electrons. The van der Waals surface area contributed by atoms with Crippen molar-refractivity contribution in [3.05, 3.63) is 11.6 Å². The second kappa shape index (κ2) is 9.59. The molecule has 120 valence electrons. The monoisotopic (exact) mass is 296 g/mol. The summed E-state index contributed by atoms with van der Waals surface area (Å²) in [5, 5.41) is 9.20. The molecule has 1 aliphatic rings. The molecule has 0 heterocycles. The summed E-state index contributed by atoms with van der Waals surface area (Å²) in [6, 6.07) is 0. The van der Waals surface area contributed by atoms with Crippen LogP contribution in [0.1, 0.15) is 65.2 Å². The van der Waals surface area contributed by atoms with E-state index in [4.69, 9.17) is 4.74 Å². The lowest BCUT2D eigenvalue weighted by atomic mass is 9.80. The van der Waals surface area contributed by atoms with E-state index < -0.39 is 17.8 Å². The maximum Gasteiger partial charge on any atom is 0.310 e. The Bertz CT molecular complexity index is 373. The minimum atomic E-state index is -0.903. The minimum absolute atomic E-state index is 0.344. The Morgan fingerprint density at radius 2 is 1.86 bits per heavy atom. The van der Waals surface area contributed by atoms with Crippen LogP contribution in [-0.2, 0) is 14.3 Å². The van der Waals surface area contributed by atoms with Gasteiger partial charge in [0.2, 0.25) is 0 Å². The second-order valence-corrected chi connectivity index (χ2v) is 5.98. The van der Waals surface area contributed by atoms with Crippen LogP contribution >= 0.6 is 0 Å². The number of carboxylic acids is 1. The lowest BCUT2D eigenvalue weighted by molar-refractivity contribution is -0.158. The van der Waals surface area contributed by atoms with Crippen LogP contribution in [0.2, 0.25) is 0 Å². The molecule has 4 nitrogen and oxygen atoms in total. The average Bonchev–Trinajstić information content (AvgIpc) is 2.45. The first-order valence-corrected chi connectivity index (χ1v) is 8.11. The van der Waals surface area contributed by atoms with Crippen molar-refractivity contribution in [2.75, 3.05) is 6.61 Å². The van der Waals surface area contributed by atoms with Crippen molar-refractivity contribution in [3.8, 4) is 0 Å². The molecular formula is C17H28O4. The number of carboxylic acid groups (broad SMARTS) is 1. The number of unbranched alkanes of at least 4 members (excludes halogenated alkanes) is 5. The normalized spacial score (nSPS) is 21.7. The zero-order chi connectivity index (χ0) is 15.7. The Kier molecular flexibility index (Phi) is 8.09. The summed E-state index contributed by atoms with van der Waals surface area (Å²) < 4.78 is 5.29. The molecule has 0 saturated heterocycles. The summed E-state index contributed by atoms with van der Waals surface area (Å²) >= 11 is 0. The average molecular weight is 296 g/mol. The number of aliphatic carboxylic acids is 1. The summed E-state index contributed by atoms with van der Waals surface area (Å²) in [5.41, 5.74) is 1.08. The molecule has 2 atom stereocenters. The fraction of sp³-hybridized carbons (Fsp3) is 0.765. The van der Waals surface area contributed by atoms with Gasteiger partial charge in [-0.15, -0.1) is 0 Å². The van der Waals surface area contributed by atoms with E-state index in [9.17, 15) is 14.7 Å². The van der Waals surface area contributed by atoms with E-state index in [1.165, 1.54) is 25.7 Å². The molecule has 1 rings (SSSR count). The first kappa shape index (κ1) is 17.7. The van der Waals surface area contributed by atoms with Gasteiger partial charge in [0, 0.05) is 0 Å². The zero-order valence-corrected chi connectivity index (χ0v) is 13.3. The van der Waals surface area contributed by atoms with Gasteiger partial charge in [-0.3, -0.25) is 9.59 Å². The predicted molar refractivity (Wildman–Crippen MR) is 81.9 cm³/mol. The Labute approximate surface area is 127 Å². The zero-order valence-electron chi connectivity index (χ0n) is 13.3. The summed E-state index contributed by atoms with van der Waals surface area (Å²) in [6.45, 7) is 4.53. The minimum Gasteiger partial charge on any atom is -0.481 e. The number of ether oxygens (including phenoxy) is 1. The van der Waals surface area contributed by atoms with Gasteiger partial charge < -0.3 is 9.84 Å². The summed E-state index contributed by atoms with van der Waals surface area (Å²) in [7, 11) is 0. The second-order valence-electron chi connectivity index (χ2n) is 5.98. The molecule has 21 heavy (non-hydrogen) atoms. The molecule has 0 spiro atoms. The Morgan fingerprint density at radius 3 is 2.52 bits per heavy atom. The van der Waals surface area contributed by atoms with Gasteiger partial charge in [-0.1, -0.05) is 50.7 Å². The van der Waals surface area contributed by atoms with Gasteiger partial charge in [0.15, 0.2) is 0 Å². The number of allylic oxidation sites excluding steroid dienone is 2. The third-order valence-corrected chi connectivity index (χ3v) is 4.11. The van der Waals surface area contributed by atoms with E-state index in [0.717, 1.165) is 18.4 Å². The lowest BCUT2D eigenvalue weighted by Crippen LogP contribution is -2.33. The van der Waals surface area contributed by atoms with Crippen LogP contribution < -0.4 is 0 Å². The van der Waals surface area contributed by atoms with Gasteiger partial charge in [-0.25, -0.2) is 0 Å². The molecule has 1 N–H and O–H groups in total. The predicted octanol–water partition coefficient (Wildman–Crippen LogP) is 3.95. The third kappa shape index (κ3) is 6.32. The fourth-order valence-corrected chi connectivity index (χ4v) is 2.75. The van der Waals surface area contributed by atoms with E-state index >= 15 is 0 Å². The van der Waals surface area contributed by atoms with Crippen LogP contribution in [0.15, 0.2) is 11.6 Å². The van der Waals surface area contributed by atoms with Gasteiger partial charge in [-0.2, -0.15) is 0 Å². The molecule has 2 unspecified atom stereocenters. The Morgan fingerprint density at radius 1 is 1.19 bits per heavy atom. The topological polar surface area (TPSA) is 63.6 Å². The highest BCUT2D eigenvalue weighted by Gasteiger charge is 2.36. The molecular weight excluding hydrogens is 268 g/mol. The lowest BCUT2D eigenvalue weighted by Gasteiger charge is -2.25. The Hall–Kier alpha value is -1.32. The Balaban J connectivity index is 2.29. The smallest absolute Gasteiger partial charge is 0.310 e. The van der Waals surface area contributed by atoms with E-state index in [-0.39, 0.29) is 5.97 Å². The molecule has 4 heteroatoms. The quantitative estimate of drug-likeness (QED) is 0.397. The number of carbonyl (C=O) groups excluding carboxylic acids is 1. The summed E-state index contributed by atoms with van der Waals surface area (Å²) in [5.74, 6) is -2.40. The van der Waals surface area contributed by atoms with Crippen LogP contribution in [0.5, 0.6) is 0 Å². The number of hydrogen-bond acceptors (Lipinski definition) is 3. The van der Waals surface area contributed by atoms with Crippen molar-refractivity contribution < 1.29 is 19.4 Å². The van der Waals surface area contributed by atoms with Crippen molar-refractivity contribution in [1.82, 2.24) is 0 Å². The highest BCUT2D eigenvalue weighted by Crippen LogP contribution is 2.30. The van der Waals surface area contributed by atoms with Gasteiger partial charge >= 0.3 is 11.9 Å². The van der Waals surface area contributed by atoms with Gasteiger partial charge in [-0.05, 0) is 26.2 Å². The largest absolute Gasteiger partial charge is 0.481 e. The van der Waals surface area contributed by atoms with Crippen molar-refractivity contribution in [2.24, 2.45) is 11.8 Å². The number of rotatable bonds is 9. The van der Waals surface area contributed by atoms with E-state index in [1.807, 2.05) is 13.0 Å². The van der Waals surface area contributed by atoms with Crippen molar-refractivity contribution >= 4 is 11.9 Å².